The molecule has 0 spiro atoms. The van der Waals surface area contributed by atoms with Crippen molar-refractivity contribution in [3.05, 3.63) is 47.0 Å². The number of hydrogen-bond acceptors (Lipinski definition) is 10. The van der Waals surface area contributed by atoms with E-state index in [0.717, 1.165) is 16.8 Å². The molecule has 5 rings (SSSR count). The number of esters is 1. The number of carbonyl (C=O) groups excluding carboxylic acids is 2. The molecule has 4 aromatic rings. The van der Waals surface area contributed by atoms with Crippen LogP contribution in [-0.2, 0) is 21.2 Å². The van der Waals surface area contributed by atoms with Gasteiger partial charge in [-0.2, -0.15) is 18.2 Å². The van der Waals surface area contributed by atoms with Crippen LogP contribution in [0.1, 0.15) is 15.9 Å². The van der Waals surface area contributed by atoms with Gasteiger partial charge in [0.05, 0.1) is 28.2 Å². The van der Waals surface area contributed by atoms with Crippen LogP contribution in [0.2, 0.25) is 5.02 Å². The summed E-state index contributed by atoms with van der Waals surface area (Å²) in [6, 6.07) is 2.57. The summed E-state index contributed by atoms with van der Waals surface area (Å²) in [5.41, 5.74) is 6.47. The Bertz CT molecular complexity index is 1720. The van der Waals surface area contributed by atoms with E-state index in [9.17, 15) is 31.2 Å². The number of anilines is 2. The van der Waals surface area contributed by atoms with Crippen molar-refractivity contribution in [1.82, 2.24) is 29.3 Å². The molecule has 0 bridgehead atoms. The van der Waals surface area contributed by atoms with Crippen LogP contribution in [0, 0.1) is 0 Å². The van der Waals surface area contributed by atoms with Crippen LogP contribution in [-0.4, -0.2) is 75.0 Å². The number of amides is 1. The Labute approximate surface area is 222 Å². The first-order valence-corrected chi connectivity index (χ1v) is 13.3. The van der Waals surface area contributed by atoms with E-state index < -0.39 is 33.8 Å². The van der Waals surface area contributed by atoms with E-state index >= 15 is 0 Å². The second-order valence-electron chi connectivity index (χ2n) is 8.49. The topological polar surface area (TPSA) is 166 Å². The number of alkyl halides is 3. The minimum atomic E-state index is -5.25. The minimum Gasteiger partial charge on any atom is -0.401 e. The molecule has 3 N–H and O–H groups in total. The summed E-state index contributed by atoms with van der Waals surface area (Å²) in [4.78, 5) is 34.1. The number of nitrogen functional groups attached to an aromatic ring is 1. The fourth-order valence-electron chi connectivity index (χ4n) is 4.12. The zero-order valence-corrected chi connectivity index (χ0v) is 21.2. The van der Waals surface area contributed by atoms with Gasteiger partial charge in [-0.05, 0) is 6.07 Å². The maximum atomic E-state index is 13.2. The van der Waals surface area contributed by atoms with E-state index in [1.54, 1.807) is 16.7 Å². The molecule has 13 nitrogen and oxygen atoms in total. The van der Waals surface area contributed by atoms with Gasteiger partial charge in [-0.1, -0.05) is 11.6 Å². The predicted molar refractivity (Wildman–Crippen MR) is 131 cm³/mol. The number of imidazole rings is 1. The van der Waals surface area contributed by atoms with Crippen molar-refractivity contribution in [2.75, 3.05) is 35.2 Å². The smallest absolute Gasteiger partial charge is 0.401 e. The molecule has 206 valence electrons. The molecule has 18 heteroatoms. The summed E-state index contributed by atoms with van der Waals surface area (Å²) < 4.78 is 68.6. The molecule has 0 aromatic carbocycles. The lowest BCUT2D eigenvalue weighted by atomic mass is 10.2. The Morgan fingerprint density at radius 2 is 1.95 bits per heavy atom. The van der Waals surface area contributed by atoms with Gasteiger partial charge in [0.25, 0.3) is 5.91 Å². The number of aromatic nitrogens is 5. The van der Waals surface area contributed by atoms with Crippen molar-refractivity contribution in [2.45, 2.75) is 12.7 Å². The summed E-state index contributed by atoms with van der Waals surface area (Å²) in [6.45, 7) is 0.315. The van der Waals surface area contributed by atoms with Gasteiger partial charge in [-0.3, -0.25) is 9.20 Å². The molecule has 4 aromatic heterocycles. The third-order valence-electron chi connectivity index (χ3n) is 5.93. The molecular weight excluding hydrogens is 569 g/mol. The first kappa shape index (κ1) is 26.5. The van der Waals surface area contributed by atoms with E-state index in [2.05, 4.69) is 25.1 Å². The molecule has 1 amide bonds. The molecule has 39 heavy (non-hydrogen) atoms. The quantitative estimate of drug-likeness (QED) is 0.325. The first-order valence-electron chi connectivity index (χ1n) is 11.1. The zero-order chi connectivity index (χ0) is 28.1. The number of carbonyl (C=O) groups is 2. The van der Waals surface area contributed by atoms with Crippen LogP contribution < -0.4 is 20.7 Å². The van der Waals surface area contributed by atoms with Gasteiger partial charge < -0.3 is 20.7 Å². The van der Waals surface area contributed by atoms with E-state index in [0.29, 0.717) is 21.9 Å². The Hall–Kier alpha value is -4.12. The Balaban J connectivity index is 1.44. The van der Waals surface area contributed by atoms with Crippen molar-refractivity contribution in [1.29, 1.82) is 0 Å². The maximum absolute atomic E-state index is 13.2. The van der Waals surface area contributed by atoms with Crippen molar-refractivity contribution in [2.24, 2.45) is 0 Å². The monoisotopic (exact) mass is 586 g/mol. The second kappa shape index (κ2) is 9.57. The fourth-order valence-corrected chi connectivity index (χ4v) is 5.59. The number of fused-ring (bicyclic) bond motifs is 2. The van der Waals surface area contributed by atoms with Crippen LogP contribution in [0.5, 0.6) is 5.88 Å². The molecule has 0 atom stereocenters. The maximum Gasteiger partial charge on any atom is 0.491 e. The van der Waals surface area contributed by atoms with Crippen molar-refractivity contribution >= 4 is 56.1 Å². The summed E-state index contributed by atoms with van der Waals surface area (Å²) in [7, 11) is -3.17. The number of nitrogens with two attached hydrogens (primary N) is 1. The number of sulfone groups is 1. The Kier molecular flexibility index (Phi) is 6.50. The SMILES string of the molecule is Nc1nn2ccc(OC(=O)C(F)(F)F)nc2c1C(=O)NCc1cc(Cl)c2cncn2c1N1CCS(=O)(=O)CC1. The van der Waals surface area contributed by atoms with Gasteiger partial charge in [0.1, 0.15) is 17.7 Å². The highest BCUT2D eigenvalue weighted by Crippen LogP contribution is 2.30. The van der Waals surface area contributed by atoms with E-state index in [1.807, 2.05) is 4.90 Å². The largest absolute Gasteiger partial charge is 0.491 e. The molecule has 1 fully saturated rings. The van der Waals surface area contributed by atoms with Gasteiger partial charge in [-0.25, -0.2) is 22.7 Å². The number of nitrogens with zero attached hydrogens (tertiary/aromatic N) is 6. The number of halogens is 4. The van der Waals surface area contributed by atoms with Crippen LogP contribution in [0.3, 0.4) is 0 Å². The lowest BCUT2D eigenvalue weighted by molar-refractivity contribution is -0.189. The standard InChI is InChI=1S/C21H18ClF3N8O5S/c22-12-7-11(19(32-10-27-9-13(12)32)31-3-5-39(36,37)6-4-31)8-28-18(34)15-16(26)30-33-2-1-14(29-17(15)33)38-20(35)21(23,24)25/h1-2,7,9-10H,3-6,8H2,(H2,26,30)(H,28,34). The summed E-state index contributed by atoms with van der Waals surface area (Å²) in [6.07, 6.45) is -1.06. The molecule has 5 heterocycles. The number of pyridine rings is 1. The van der Waals surface area contributed by atoms with Gasteiger partial charge >= 0.3 is 12.1 Å². The second-order valence-corrected chi connectivity index (χ2v) is 11.2. The van der Waals surface area contributed by atoms with Crippen LogP contribution in [0.4, 0.5) is 24.8 Å². The highest BCUT2D eigenvalue weighted by Gasteiger charge is 2.41. The van der Waals surface area contributed by atoms with E-state index in [4.69, 9.17) is 17.3 Å². The first-order chi connectivity index (χ1) is 18.3. The molecular formula is C21H18ClF3N8O5S. The Morgan fingerprint density at radius 3 is 2.64 bits per heavy atom. The normalized spacial score (nSPS) is 15.5. The number of nitrogens with one attached hydrogen (secondary N) is 1. The molecule has 0 saturated carbocycles. The van der Waals surface area contributed by atoms with Crippen LogP contribution in [0.25, 0.3) is 11.2 Å². The minimum absolute atomic E-state index is 0.0521. The third-order valence-corrected chi connectivity index (χ3v) is 7.84. The van der Waals surface area contributed by atoms with Crippen LogP contribution >= 0.6 is 11.6 Å². The number of hydrogen-bond donors (Lipinski definition) is 2. The third kappa shape index (κ3) is 5.14. The summed E-state index contributed by atoms with van der Waals surface area (Å²) >= 11 is 6.42. The lowest BCUT2D eigenvalue weighted by Gasteiger charge is -2.31. The summed E-state index contributed by atoms with van der Waals surface area (Å²) in [5, 5.41) is 6.91. The predicted octanol–water partition coefficient (Wildman–Crippen LogP) is 1.25. The highest BCUT2D eigenvalue weighted by molar-refractivity contribution is 7.91. The lowest BCUT2D eigenvalue weighted by Crippen LogP contribution is -2.42. The molecule has 0 aliphatic carbocycles. The van der Waals surface area contributed by atoms with E-state index in [1.165, 1.54) is 6.33 Å². The molecule has 1 aliphatic heterocycles. The number of ether oxygens (including phenoxy) is 1. The van der Waals surface area contributed by atoms with Crippen molar-refractivity contribution in [3.63, 3.8) is 0 Å². The molecule has 0 radical (unpaired) electrons. The van der Waals surface area contributed by atoms with Gasteiger partial charge in [0.2, 0.25) is 5.88 Å². The molecule has 0 unspecified atom stereocenters. The van der Waals surface area contributed by atoms with Gasteiger partial charge in [0, 0.05) is 37.5 Å². The Morgan fingerprint density at radius 1 is 1.23 bits per heavy atom. The number of rotatable bonds is 5. The molecule has 1 aliphatic rings. The van der Waals surface area contributed by atoms with Gasteiger partial charge in [-0.15, -0.1) is 5.10 Å². The average Bonchev–Trinajstić information content (AvgIpc) is 3.47. The zero-order valence-electron chi connectivity index (χ0n) is 19.6. The van der Waals surface area contributed by atoms with Gasteiger partial charge in [0.15, 0.2) is 21.3 Å². The van der Waals surface area contributed by atoms with Crippen LogP contribution in [0.15, 0.2) is 30.9 Å². The van der Waals surface area contributed by atoms with Crippen molar-refractivity contribution < 1.29 is 35.9 Å². The molecule has 1 saturated heterocycles. The average molecular weight is 587 g/mol. The van der Waals surface area contributed by atoms with E-state index in [-0.39, 0.29) is 48.2 Å². The van der Waals surface area contributed by atoms with Crippen molar-refractivity contribution in [3.8, 4) is 5.88 Å². The summed E-state index contributed by atoms with van der Waals surface area (Å²) in [5.74, 6) is -3.77. The highest BCUT2D eigenvalue weighted by atomic mass is 35.5. The fraction of sp³-hybridized carbons (Fsp3) is 0.286.